The van der Waals surface area contributed by atoms with E-state index in [0.717, 1.165) is 23.0 Å². The van der Waals surface area contributed by atoms with Crippen LogP contribution in [0.2, 0.25) is 0 Å². The number of hydrogen-bond acceptors (Lipinski definition) is 1. The van der Waals surface area contributed by atoms with Crippen molar-refractivity contribution in [2.45, 2.75) is 38.5 Å². The van der Waals surface area contributed by atoms with Crippen LogP contribution >= 0.6 is 15.9 Å². The summed E-state index contributed by atoms with van der Waals surface area (Å²) in [5, 5.41) is 0. The lowest BCUT2D eigenvalue weighted by Gasteiger charge is -2.10. The molecule has 2 rings (SSSR count). The van der Waals surface area contributed by atoms with Crippen LogP contribution in [-0.4, -0.2) is 4.98 Å². The second-order valence-corrected chi connectivity index (χ2v) is 5.01. The molecule has 0 aliphatic heterocycles. The second kappa shape index (κ2) is 3.61. The minimum atomic E-state index is -0.163. The van der Waals surface area contributed by atoms with Gasteiger partial charge >= 0.3 is 0 Å². The van der Waals surface area contributed by atoms with Crippen LogP contribution in [-0.2, 0) is 0 Å². The Kier molecular flexibility index (Phi) is 2.60. The highest BCUT2D eigenvalue weighted by molar-refractivity contribution is 9.10. The number of rotatable bonds is 2. The molecule has 14 heavy (non-hydrogen) atoms. The Morgan fingerprint density at radius 1 is 1.50 bits per heavy atom. The van der Waals surface area contributed by atoms with Crippen LogP contribution in [0.25, 0.3) is 0 Å². The van der Waals surface area contributed by atoms with E-state index in [-0.39, 0.29) is 5.82 Å². The van der Waals surface area contributed by atoms with Crippen LogP contribution in [0.4, 0.5) is 4.39 Å². The van der Waals surface area contributed by atoms with E-state index in [1.165, 1.54) is 0 Å². The van der Waals surface area contributed by atoms with Crippen molar-refractivity contribution in [1.29, 1.82) is 0 Å². The summed E-state index contributed by atoms with van der Waals surface area (Å²) in [6.07, 6.45) is 2.17. The highest BCUT2D eigenvalue weighted by Crippen LogP contribution is 2.41. The van der Waals surface area contributed by atoms with Crippen LogP contribution < -0.4 is 0 Å². The summed E-state index contributed by atoms with van der Waals surface area (Å²) in [5.41, 5.74) is 1.63. The van der Waals surface area contributed by atoms with E-state index in [2.05, 4.69) is 34.8 Å². The number of nitrogens with zero attached hydrogens (tertiary/aromatic N) is 1. The van der Waals surface area contributed by atoms with Crippen molar-refractivity contribution in [3.8, 4) is 0 Å². The van der Waals surface area contributed by atoms with Gasteiger partial charge in [-0.15, -0.1) is 0 Å². The van der Waals surface area contributed by atoms with E-state index in [9.17, 15) is 4.39 Å². The summed E-state index contributed by atoms with van der Waals surface area (Å²) in [6, 6.07) is 1.55. The van der Waals surface area contributed by atoms with Gasteiger partial charge in [-0.1, -0.05) is 13.8 Å². The molecule has 1 fully saturated rings. The highest BCUT2D eigenvalue weighted by atomic mass is 79.9. The molecule has 1 heterocycles. The van der Waals surface area contributed by atoms with Gasteiger partial charge in [0.1, 0.15) is 5.82 Å². The normalized spacial score (nSPS) is 16.4. The summed E-state index contributed by atoms with van der Waals surface area (Å²) < 4.78 is 14.3. The van der Waals surface area contributed by atoms with Gasteiger partial charge in [0, 0.05) is 10.4 Å². The fourth-order valence-electron chi connectivity index (χ4n) is 1.54. The molecule has 0 N–H and O–H groups in total. The van der Waals surface area contributed by atoms with E-state index < -0.39 is 0 Å². The minimum Gasteiger partial charge on any atom is -0.253 e. The molecule has 0 amide bonds. The molecule has 1 aliphatic rings. The van der Waals surface area contributed by atoms with Crippen molar-refractivity contribution in [1.82, 2.24) is 4.98 Å². The molecule has 1 nitrogen and oxygen atoms in total. The highest BCUT2D eigenvalue weighted by Gasteiger charge is 2.29. The van der Waals surface area contributed by atoms with Crippen LogP contribution in [0.15, 0.2) is 10.5 Å². The topological polar surface area (TPSA) is 12.9 Å². The standard InChI is InChI=1S/C11H13BrFN/c1-6(2)10-8(12)5-9(13)11(14-10)7-3-4-7/h5-7H,3-4H2,1-2H3. The first-order valence-electron chi connectivity index (χ1n) is 4.95. The molecule has 0 spiro atoms. The Morgan fingerprint density at radius 3 is 2.64 bits per heavy atom. The van der Waals surface area contributed by atoms with Crippen molar-refractivity contribution < 1.29 is 4.39 Å². The van der Waals surface area contributed by atoms with E-state index in [1.54, 1.807) is 6.07 Å². The molecule has 1 aromatic heterocycles. The van der Waals surface area contributed by atoms with Crippen molar-refractivity contribution in [3.63, 3.8) is 0 Å². The maximum absolute atomic E-state index is 13.5. The average Bonchev–Trinajstić information content (AvgIpc) is 2.86. The summed E-state index contributed by atoms with van der Waals surface area (Å²) in [5.74, 6) is 0.548. The molecule has 0 radical (unpaired) electrons. The Morgan fingerprint density at radius 2 is 2.14 bits per heavy atom. The molecule has 1 aliphatic carbocycles. The molecule has 0 bridgehead atoms. The van der Waals surface area contributed by atoms with Crippen molar-refractivity contribution in [2.24, 2.45) is 0 Å². The predicted octanol–water partition coefficient (Wildman–Crippen LogP) is 3.98. The SMILES string of the molecule is CC(C)c1nc(C2CC2)c(F)cc1Br. The number of hydrogen-bond donors (Lipinski definition) is 0. The Labute approximate surface area is 91.9 Å². The van der Waals surface area contributed by atoms with Crippen LogP contribution in [0.3, 0.4) is 0 Å². The third kappa shape index (κ3) is 1.83. The molecule has 1 saturated carbocycles. The van der Waals surface area contributed by atoms with Crippen molar-refractivity contribution in [3.05, 3.63) is 27.7 Å². The molecule has 0 aromatic carbocycles. The van der Waals surface area contributed by atoms with E-state index in [0.29, 0.717) is 17.5 Å². The first-order chi connectivity index (χ1) is 6.59. The summed E-state index contributed by atoms with van der Waals surface area (Å²) >= 11 is 3.35. The van der Waals surface area contributed by atoms with E-state index >= 15 is 0 Å². The maximum atomic E-state index is 13.5. The predicted molar refractivity (Wildman–Crippen MR) is 58.0 cm³/mol. The molecule has 76 valence electrons. The molecule has 1 aromatic rings. The third-order valence-corrected chi connectivity index (χ3v) is 3.13. The molecule has 3 heteroatoms. The molecule has 0 unspecified atom stereocenters. The van der Waals surface area contributed by atoms with Gasteiger partial charge in [-0.3, -0.25) is 4.98 Å². The Bertz CT molecular complexity index is 335. The van der Waals surface area contributed by atoms with E-state index in [4.69, 9.17) is 0 Å². The zero-order valence-corrected chi connectivity index (χ0v) is 9.94. The van der Waals surface area contributed by atoms with Gasteiger partial charge in [-0.25, -0.2) is 4.39 Å². The van der Waals surface area contributed by atoms with Gasteiger partial charge in [0.15, 0.2) is 0 Å². The lowest BCUT2D eigenvalue weighted by molar-refractivity contribution is 0.592. The van der Waals surface area contributed by atoms with Crippen molar-refractivity contribution >= 4 is 15.9 Å². The summed E-state index contributed by atoms with van der Waals surface area (Å²) in [4.78, 5) is 4.41. The first-order valence-corrected chi connectivity index (χ1v) is 5.74. The molecular formula is C11H13BrFN. The summed E-state index contributed by atoms with van der Waals surface area (Å²) in [7, 11) is 0. The fraction of sp³-hybridized carbons (Fsp3) is 0.545. The minimum absolute atomic E-state index is 0.163. The average molecular weight is 258 g/mol. The smallest absolute Gasteiger partial charge is 0.146 e. The van der Waals surface area contributed by atoms with E-state index in [1.807, 2.05) is 0 Å². The van der Waals surface area contributed by atoms with Crippen LogP contribution in [0.5, 0.6) is 0 Å². The Balaban J connectivity index is 2.45. The zero-order chi connectivity index (χ0) is 10.3. The monoisotopic (exact) mass is 257 g/mol. The zero-order valence-electron chi connectivity index (χ0n) is 8.35. The van der Waals surface area contributed by atoms with Gasteiger partial charge in [-0.05, 0) is 40.8 Å². The van der Waals surface area contributed by atoms with Crippen LogP contribution in [0.1, 0.15) is 49.9 Å². The van der Waals surface area contributed by atoms with Gasteiger partial charge in [0.25, 0.3) is 0 Å². The molecule has 0 saturated heterocycles. The van der Waals surface area contributed by atoms with Gasteiger partial charge < -0.3 is 0 Å². The molecule has 0 atom stereocenters. The Hall–Kier alpha value is -0.440. The van der Waals surface area contributed by atoms with Gasteiger partial charge in [0.2, 0.25) is 0 Å². The lowest BCUT2D eigenvalue weighted by atomic mass is 10.1. The fourth-order valence-corrected chi connectivity index (χ4v) is 2.29. The quantitative estimate of drug-likeness (QED) is 0.781. The number of aromatic nitrogens is 1. The largest absolute Gasteiger partial charge is 0.253 e. The lowest BCUT2D eigenvalue weighted by Crippen LogP contribution is -2.01. The van der Waals surface area contributed by atoms with Gasteiger partial charge in [0.05, 0.1) is 11.4 Å². The second-order valence-electron chi connectivity index (χ2n) is 4.15. The number of pyridine rings is 1. The summed E-state index contributed by atoms with van der Waals surface area (Å²) in [6.45, 7) is 4.14. The van der Waals surface area contributed by atoms with Crippen molar-refractivity contribution in [2.75, 3.05) is 0 Å². The number of halogens is 2. The first kappa shape index (κ1) is 10.1. The third-order valence-electron chi connectivity index (χ3n) is 2.49. The molecular weight excluding hydrogens is 245 g/mol. The van der Waals surface area contributed by atoms with Crippen LogP contribution in [0, 0.1) is 5.82 Å². The maximum Gasteiger partial charge on any atom is 0.146 e. The van der Waals surface area contributed by atoms with Gasteiger partial charge in [-0.2, -0.15) is 0 Å².